The standard InChI is InChI=1S/C11H12F4N2O5/c12-5-3(2-18)7(19)8(20)6(5)17-1-4(11(13,14)15)9(21)16-10(17)22/h1,3,5-8,18-20H,2H2,(H,16,21,22)/t3-,5-,6+,7?,8?/m0/s1. The summed E-state index contributed by atoms with van der Waals surface area (Å²) in [7, 11) is 0. The SMILES string of the molecule is O=c1[nH]c(=O)n([C@H]2C(O)C(O)[C@@H](CO)[C@@H]2F)cc1C(F)(F)F. The molecule has 1 aromatic rings. The number of halogens is 4. The number of H-pyrrole nitrogens is 1. The second kappa shape index (κ2) is 5.48. The fraction of sp³-hybridized carbons (Fsp3) is 0.636. The second-order valence-corrected chi connectivity index (χ2v) is 4.97. The van der Waals surface area contributed by atoms with Gasteiger partial charge in [-0.05, 0) is 0 Å². The van der Waals surface area contributed by atoms with Gasteiger partial charge in [-0.3, -0.25) is 14.3 Å². The lowest BCUT2D eigenvalue weighted by molar-refractivity contribution is -0.139. The zero-order valence-electron chi connectivity index (χ0n) is 10.8. The molecule has 0 saturated heterocycles. The van der Waals surface area contributed by atoms with Crippen molar-refractivity contribution in [3.63, 3.8) is 0 Å². The number of rotatable bonds is 2. The van der Waals surface area contributed by atoms with E-state index in [0.717, 1.165) is 0 Å². The molecule has 1 aliphatic carbocycles. The molecule has 22 heavy (non-hydrogen) atoms. The Morgan fingerprint density at radius 1 is 1.23 bits per heavy atom. The van der Waals surface area contributed by atoms with Crippen molar-refractivity contribution in [3.8, 4) is 0 Å². The molecular formula is C11H12F4N2O5. The van der Waals surface area contributed by atoms with Crippen LogP contribution in [0.2, 0.25) is 0 Å². The monoisotopic (exact) mass is 328 g/mol. The maximum atomic E-state index is 14.1. The predicted molar refractivity (Wildman–Crippen MR) is 62.8 cm³/mol. The topological polar surface area (TPSA) is 116 Å². The molecule has 0 aromatic carbocycles. The van der Waals surface area contributed by atoms with E-state index < -0.39 is 59.9 Å². The lowest BCUT2D eigenvalue weighted by atomic mass is 10.1. The first kappa shape index (κ1) is 16.6. The second-order valence-electron chi connectivity index (χ2n) is 4.97. The minimum atomic E-state index is -5.09. The Hall–Kier alpha value is -1.72. The third kappa shape index (κ3) is 2.55. The molecule has 0 aliphatic heterocycles. The van der Waals surface area contributed by atoms with E-state index in [1.165, 1.54) is 4.98 Å². The van der Waals surface area contributed by atoms with Gasteiger partial charge in [-0.25, -0.2) is 9.18 Å². The van der Waals surface area contributed by atoms with Crippen molar-refractivity contribution >= 4 is 0 Å². The van der Waals surface area contributed by atoms with Gasteiger partial charge in [0.2, 0.25) is 0 Å². The van der Waals surface area contributed by atoms with E-state index in [2.05, 4.69) is 0 Å². The van der Waals surface area contributed by atoms with Crippen LogP contribution in [0.15, 0.2) is 15.8 Å². The Kier molecular flexibility index (Phi) is 4.15. The number of alkyl halides is 4. The first-order chi connectivity index (χ1) is 10.1. The Bertz CT molecular complexity index is 670. The quantitative estimate of drug-likeness (QED) is 0.508. The van der Waals surface area contributed by atoms with Crippen LogP contribution in [0, 0.1) is 5.92 Å². The highest BCUT2D eigenvalue weighted by atomic mass is 19.4. The fourth-order valence-corrected chi connectivity index (χ4v) is 2.52. The van der Waals surface area contributed by atoms with E-state index in [1.54, 1.807) is 0 Å². The van der Waals surface area contributed by atoms with Crippen molar-refractivity contribution in [3.05, 3.63) is 32.6 Å². The zero-order valence-corrected chi connectivity index (χ0v) is 10.8. The molecule has 0 radical (unpaired) electrons. The number of aromatic nitrogens is 2. The highest BCUT2D eigenvalue weighted by Gasteiger charge is 2.51. The van der Waals surface area contributed by atoms with Crippen molar-refractivity contribution in [1.29, 1.82) is 0 Å². The van der Waals surface area contributed by atoms with Crippen LogP contribution in [-0.4, -0.2) is 49.9 Å². The van der Waals surface area contributed by atoms with Crippen LogP contribution in [0.1, 0.15) is 11.6 Å². The molecule has 1 aromatic heterocycles. The number of hydrogen-bond donors (Lipinski definition) is 4. The molecule has 1 fully saturated rings. The predicted octanol–water partition coefficient (Wildman–Crippen LogP) is -1.22. The minimum Gasteiger partial charge on any atom is -0.396 e. The van der Waals surface area contributed by atoms with Crippen LogP contribution >= 0.6 is 0 Å². The number of aromatic amines is 1. The maximum absolute atomic E-state index is 14.1. The van der Waals surface area contributed by atoms with Gasteiger partial charge in [0, 0.05) is 12.1 Å². The number of aliphatic hydroxyl groups is 3. The summed E-state index contributed by atoms with van der Waals surface area (Å²) in [6.07, 6.45) is -10.9. The van der Waals surface area contributed by atoms with E-state index in [0.29, 0.717) is 0 Å². The number of nitrogens with zero attached hydrogens (tertiary/aromatic N) is 1. The molecule has 4 N–H and O–H groups in total. The summed E-state index contributed by atoms with van der Waals surface area (Å²) < 4.78 is 52.4. The van der Waals surface area contributed by atoms with Gasteiger partial charge in [0.1, 0.15) is 17.8 Å². The Balaban J connectivity index is 2.58. The van der Waals surface area contributed by atoms with Crippen molar-refractivity contribution < 1.29 is 32.9 Å². The van der Waals surface area contributed by atoms with Gasteiger partial charge in [0.15, 0.2) is 0 Å². The largest absolute Gasteiger partial charge is 0.423 e. The van der Waals surface area contributed by atoms with Crippen molar-refractivity contribution in [2.45, 2.75) is 30.6 Å². The third-order valence-electron chi connectivity index (χ3n) is 3.68. The van der Waals surface area contributed by atoms with Crippen molar-refractivity contribution in [1.82, 2.24) is 9.55 Å². The molecular weight excluding hydrogens is 316 g/mol. The summed E-state index contributed by atoms with van der Waals surface area (Å²) in [6, 6.07) is -1.86. The van der Waals surface area contributed by atoms with E-state index >= 15 is 0 Å². The third-order valence-corrected chi connectivity index (χ3v) is 3.68. The Labute approximate surface area is 119 Å². The number of hydrogen-bond acceptors (Lipinski definition) is 5. The van der Waals surface area contributed by atoms with E-state index in [4.69, 9.17) is 5.11 Å². The van der Waals surface area contributed by atoms with Gasteiger partial charge >= 0.3 is 11.9 Å². The molecule has 1 heterocycles. The van der Waals surface area contributed by atoms with Gasteiger partial charge in [-0.15, -0.1) is 0 Å². The minimum absolute atomic E-state index is 0.0914. The van der Waals surface area contributed by atoms with Gasteiger partial charge in [-0.1, -0.05) is 0 Å². The molecule has 5 atom stereocenters. The molecule has 1 aliphatic rings. The first-order valence-electron chi connectivity index (χ1n) is 6.13. The van der Waals surface area contributed by atoms with E-state index in [-0.39, 0.29) is 10.8 Å². The smallest absolute Gasteiger partial charge is 0.396 e. The van der Waals surface area contributed by atoms with Crippen molar-refractivity contribution in [2.75, 3.05) is 6.61 Å². The van der Waals surface area contributed by atoms with Gasteiger partial charge in [-0.2, -0.15) is 13.2 Å². The van der Waals surface area contributed by atoms with Gasteiger partial charge in [0.05, 0.1) is 18.8 Å². The number of nitrogens with one attached hydrogen (secondary N) is 1. The zero-order chi connectivity index (χ0) is 16.8. The molecule has 0 amide bonds. The highest BCUT2D eigenvalue weighted by molar-refractivity contribution is 5.12. The van der Waals surface area contributed by atoms with Crippen LogP contribution in [0.5, 0.6) is 0 Å². The Morgan fingerprint density at radius 3 is 2.27 bits per heavy atom. The lowest BCUT2D eigenvalue weighted by Gasteiger charge is -2.21. The molecule has 7 nitrogen and oxygen atoms in total. The van der Waals surface area contributed by atoms with Crippen molar-refractivity contribution in [2.24, 2.45) is 5.92 Å². The maximum Gasteiger partial charge on any atom is 0.423 e. The molecule has 0 spiro atoms. The summed E-state index contributed by atoms with van der Waals surface area (Å²) in [5.41, 5.74) is -4.81. The lowest BCUT2D eigenvalue weighted by Crippen LogP contribution is -2.41. The molecule has 1 saturated carbocycles. The van der Waals surface area contributed by atoms with E-state index in [9.17, 15) is 37.4 Å². The molecule has 124 valence electrons. The summed E-state index contributed by atoms with van der Waals surface area (Å²) in [6.45, 7) is -0.875. The van der Waals surface area contributed by atoms with Crippen LogP contribution < -0.4 is 11.2 Å². The average molecular weight is 328 g/mol. The first-order valence-corrected chi connectivity index (χ1v) is 6.13. The summed E-state index contributed by atoms with van der Waals surface area (Å²) in [5, 5.41) is 28.3. The van der Waals surface area contributed by atoms with Gasteiger partial charge < -0.3 is 15.3 Å². The van der Waals surface area contributed by atoms with Crippen LogP contribution in [0.25, 0.3) is 0 Å². The Morgan fingerprint density at radius 2 is 1.82 bits per heavy atom. The molecule has 0 bridgehead atoms. The van der Waals surface area contributed by atoms with Crippen LogP contribution in [-0.2, 0) is 6.18 Å². The average Bonchev–Trinajstić information content (AvgIpc) is 2.60. The summed E-state index contributed by atoms with van der Waals surface area (Å²) in [5.74, 6) is -1.46. The summed E-state index contributed by atoms with van der Waals surface area (Å²) in [4.78, 5) is 24.2. The molecule has 2 unspecified atom stereocenters. The van der Waals surface area contributed by atoms with Crippen LogP contribution in [0.3, 0.4) is 0 Å². The molecule has 2 rings (SSSR count). The highest BCUT2D eigenvalue weighted by Crippen LogP contribution is 2.37. The van der Waals surface area contributed by atoms with Gasteiger partial charge in [0.25, 0.3) is 5.56 Å². The number of aliphatic hydroxyl groups excluding tert-OH is 3. The van der Waals surface area contributed by atoms with Crippen LogP contribution in [0.4, 0.5) is 17.6 Å². The van der Waals surface area contributed by atoms with E-state index in [1.807, 2.05) is 0 Å². The summed E-state index contributed by atoms with van der Waals surface area (Å²) >= 11 is 0. The molecule has 11 heteroatoms. The fourth-order valence-electron chi connectivity index (χ4n) is 2.52. The normalized spacial score (nSPS) is 32.4.